The second-order valence-electron chi connectivity index (χ2n) is 3.65. The van der Waals surface area contributed by atoms with Crippen molar-refractivity contribution in [3.63, 3.8) is 0 Å². The lowest BCUT2D eigenvalue weighted by Gasteiger charge is -2.21. The van der Waals surface area contributed by atoms with Crippen LogP contribution in [-0.2, 0) is 9.59 Å². The molecule has 0 atom stereocenters. The van der Waals surface area contributed by atoms with Gasteiger partial charge >= 0.3 is 12.1 Å². The van der Waals surface area contributed by atoms with Gasteiger partial charge in [-0.05, 0) is 19.1 Å². The fourth-order valence-corrected chi connectivity index (χ4v) is 1.46. The standard InChI is InChI=1S/C12H13F3N2O2/c1-2-17(9-6-4-3-5-7-9)10(18)8-16-11(19)12(13,14)15/h3-7H,2,8H2,1H3,(H,16,19). The number of amides is 2. The molecule has 0 aliphatic carbocycles. The average molecular weight is 274 g/mol. The average Bonchev–Trinajstić information content (AvgIpc) is 2.37. The number of carbonyl (C=O) groups is 2. The van der Waals surface area contributed by atoms with Crippen molar-refractivity contribution in [2.75, 3.05) is 18.0 Å². The van der Waals surface area contributed by atoms with Gasteiger partial charge in [0.15, 0.2) is 0 Å². The Kier molecular flexibility index (Phi) is 4.91. The lowest BCUT2D eigenvalue weighted by atomic mass is 10.3. The number of hydrogen-bond acceptors (Lipinski definition) is 2. The van der Waals surface area contributed by atoms with E-state index in [0.29, 0.717) is 12.2 Å². The zero-order valence-electron chi connectivity index (χ0n) is 10.2. The summed E-state index contributed by atoms with van der Waals surface area (Å²) in [4.78, 5) is 23.6. The molecule has 2 amide bonds. The van der Waals surface area contributed by atoms with Crippen LogP contribution >= 0.6 is 0 Å². The molecule has 0 spiro atoms. The molecule has 0 heterocycles. The van der Waals surface area contributed by atoms with Gasteiger partial charge in [-0.1, -0.05) is 18.2 Å². The predicted octanol–water partition coefficient (Wildman–Crippen LogP) is 1.72. The Morgan fingerprint density at radius 3 is 2.26 bits per heavy atom. The van der Waals surface area contributed by atoms with Gasteiger partial charge in [0.05, 0.1) is 6.54 Å². The van der Waals surface area contributed by atoms with E-state index in [-0.39, 0.29) is 0 Å². The topological polar surface area (TPSA) is 49.4 Å². The van der Waals surface area contributed by atoms with Crippen LogP contribution in [0.5, 0.6) is 0 Å². The van der Waals surface area contributed by atoms with Crippen molar-refractivity contribution in [1.29, 1.82) is 0 Å². The number of rotatable bonds is 4. The van der Waals surface area contributed by atoms with E-state index in [4.69, 9.17) is 0 Å². The minimum atomic E-state index is -4.98. The summed E-state index contributed by atoms with van der Waals surface area (Å²) < 4.78 is 35.9. The van der Waals surface area contributed by atoms with Crippen LogP contribution in [0.4, 0.5) is 18.9 Å². The molecule has 1 rings (SSSR count). The van der Waals surface area contributed by atoms with Crippen molar-refractivity contribution in [3.8, 4) is 0 Å². The lowest BCUT2D eigenvalue weighted by Crippen LogP contribution is -2.44. The fourth-order valence-electron chi connectivity index (χ4n) is 1.46. The maximum Gasteiger partial charge on any atom is 0.471 e. The number of nitrogens with zero attached hydrogens (tertiary/aromatic N) is 1. The highest BCUT2D eigenvalue weighted by atomic mass is 19.4. The van der Waals surface area contributed by atoms with E-state index in [9.17, 15) is 22.8 Å². The Morgan fingerprint density at radius 1 is 1.21 bits per heavy atom. The van der Waals surface area contributed by atoms with Gasteiger partial charge in [-0.3, -0.25) is 9.59 Å². The minimum Gasteiger partial charge on any atom is -0.339 e. The molecule has 0 saturated heterocycles. The molecule has 1 aromatic carbocycles. The number of benzene rings is 1. The minimum absolute atomic E-state index is 0.296. The number of nitrogens with one attached hydrogen (secondary N) is 1. The van der Waals surface area contributed by atoms with Crippen LogP contribution in [-0.4, -0.2) is 31.1 Å². The van der Waals surface area contributed by atoms with E-state index in [1.54, 1.807) is 42.6 Å². The molecule has 0 radical (unpaired) electrons. The zero-order valence-corrected chi connectivity index (χ0v) is 10.2. The Morgan fingerprint density at radius 2 is 1.79 bits per heavy atom. The highest BCUT2D eigenvalue weighted by molar-refractivity contribution is 5.97. The summed E-state index contributed by atoms with van der Waals surface area (Å²) in [5.41, 5.74) is 0.566. The largest absolute Gasteiger partial charge is 0.471 e. The quantitative estimate of drug-likeness (QED) is 0.908. The molecule has 104 valence electrons. The molecular formula is C12H13F3N2O2. The highest BCUT2D eigenvalue weighted by Gasteiger charge is 2.38. The summed E-state index contributed by atoms with van der Waals surface area (Å²) in [6, 6.07) is 8.49. The Labute approximate surface area is 108 Å². The van der Waals surface area contributed by atoms with Gasteiger partial charge < -0.3 is 10.2 Å². The number of likely N-dealkylation sites (N-methyl/N-ethyl adjacent to an activating group) is 1. The van der Waals surface area contributed by atoms with E-state index >= 15 is 0 Å². The molecular weight excluding hydrogens is 261 g/mol. The first-order chi connectivity index (χ1) is 8.86. The molecule has 0 saturated carbocycles. The predicted molar refractivity (Wildman–Crippen MR) is 63.5 cm³/mol. The Balaban J connectivity index is 2.64. The lowest BCUT2D eigenvalue weighted by molar-refractivity contribution is -0.173. The normalized spacial score (nSPS) is 10.9. The van der Waals surface area contributed by atoms with Crippen molar-refractivity contribution < 1.29 is 22.8 Å². The van der Waals surface area contributed by atoms with Crippen LogP contribution in [0.25, 0.3) is 0 Å². The first-order valence-electron chi connectivity index (χ1n) is 5.56. The van der Waals surface area contributed by atoms with Gasteiger partial charge in [0, 0.05) is 12.2 Å². The number of para-hydroxylation sites is 1. The molecule has 19 heavy (non-hydrogen) atoms. The van der Waals surface area contributed by atoms with E-state index in [1.807, 2.05) is 0 Å². The smallest absolute Gasteiger partial charge is 0.339 e. The van der Waals surface area contributed by atoms with E-state index < -0.39 is 24.5 Å². The number of alkyl halides is 3. The van der Waals surface area contributed by atoms with Gasteiger partial charge in [0.25, 0.3) is 0 Å². The van der Waals surface area contributed by atoms with Gasteiger partial charge in [0.1, 0.15) is 0 Å². The Hall–Kier alpha value is -2.05. The van der Waals surface area contributed by atoms with Gasteiger partial charge in [-0.2, -0.15) is 13.2 Å². The van der Waals surface area contributed by atoms with E-state index in [0.717, 1.165) is 0 Å². The molecule has 7 heteroatoms. The van der Waals surface area contributed by atoms with E-state index in [2.05, 4.69) is 0 Å². The number of carbonyl (C=O) groups excluding carboxylic acids is 2. The fraction of sp³-hybridized carbons (Fsp3) is 0.333. The van der Waals surface area contributed by atoms with Gasteiger partial charge in [-0.15, -0.1) is 0 Å². The van der Waals surface area contributed by atoms with Crippen LogP contribution in [0.15, 0.2) is 30.3 Å². The summed E-state index contributed by atoms with van der Waals surface area (Å²) in [5, 5.41) is 1.55. The summed E-state index contributed by atoms with van der Waals surface area (Å²) >= 11 is 0. The molecule has 0 aliphatic rings. The second-order valence-corrected chi connectivity index (χ2v) is 3.65. The summed E-state index contributed by atoms with van der Waals surface area (Å²) in [7, 11) is 0. The maximum atomic E-state index is 12.0. The van der Waals surface area contributed by atoms with Crippen LogP contribution < -0.4 is 10.2 Å². The molecule has 0 fully saturated rings. The molecule has 1 aromatic rings. The van der Waals surface area contributed by atoms with Crippen molar-refractivity contribution in [2.24, 2.45) is 0 Å². The SMILES string of the molecule is CCN(C(=O)CNC(=O)C(F)(F)F)c1ccccc1. The van der Waals surface area contributed by atoms with Crippen LogP contribution in [0.3, 0.4) is 0 Å². The third kappa shape index (κ3) is 4.27. The van der Waals surface area contributed by atoms with Crippen molar-refractivity contribution in [3.05, 3.63) is 30.3 Å². The molecule has 0 aliphatic heterocycles. The summed E-state index contributed by atoms with van der Waals surface area (Å²) in [6.45, 7) is 1.29. The molecule has 0 bridgehead atoms. The van der Waals surface area contributed by atoms with E-state index in [1.165, 1.54) is 4.90 Å². The van der Waals surface area contributed by atoms with Crippen LogP contribution in [0, 0.1) is 0 Å². The zero-order chi connectivity index (χ0) is 14.5. The molecule has 4 nitrogen and oxygen atoms in total. The molecule has 1 N–H and O–H groups in total. The first-order valence-corrected chi connectivity index (χ1v) is 5.56. The summed E-state index contributed by atoms with van der Waals surface area (Å²) in [5.74, 6) is -2.73. The van der Waals surface area contributed by atoms with Crippen molar-refractivity contribution in [1.82, 2.24) is 5.32 Å². The summed E-state index contributed by atoms with van der Waals surface area (Å²) in [6.07, 6.45) is -4.98. The number of halogens is 3. The third-order valence-corrected chi connectivity index (χ3v) is 2.34. The van der Waals surface area contributed by atoms with Crippen molar-refractivity contribution >= 4 is 17.5 Å². The first kappa shape index (κ1) is 15.0. The van der Waals surface area contributed by atoms with Gasteiger partial charge in [-0.25, -0.2) is 0 Å². The molecule has 0 aromatic heterocycles. The maximum absolute atomic E-state index is 12.0. The number of hydrogen-bond donors (Lipinski definition) is 1. The second kappa shape index (κ2) is 6.21. The molecule has 0 unspecified atom stereocenters. The van der Waals surface area contributed by atoms with Crippen LogP contribution in [0.1, 0.15) is 6.92 Å². The Bertz CT molecular complexity index is 446. The monoisotopic (exact) mass is 274 g/mol. The highest BCUT2D eigenvalue weighted by Crippen LogP contribution is 2.15. The van der Waals surface area contributed by atoms with Crippen molar-refractivity contribution in [2.45, 2.75) is 13.1 Å². The number of anilines is 1. The van der Waals surface area contributed by atoms with Gasteiger partial charge in [0.2, 0.25) is 5.91 Å². The third-order valence-electron chi connectivity index (χ3n) is 2.34. The van der Waals surface area contributed by atoms with Crippen LogP contribution in [0.2, 0.25) is 0 Å².